The van der Waals surface area contributed by atoms with E-state index in [0.29, 0.717) is 18.5 Å². The van der Waals surface area contributed by atoms with Crippen molar-refractivity contribution in [1.82, 2.24) is 9.55 Å². The van der Waals surface area contributed by atoms with E-state index in [0.717, 1.165) is 6.07 Å². The zero-order valence-corrected chi connectivity index (χ0v) is 12.0. The average Bonchev–Trinajstić information content (AvgIpc) is 3.07. The first kappa shape index (κ1) is 15.9. The van der Waals surface area contributed by atoms with Crippen molar-refractivity contribution in [2.24, 2.45) is 0 Å². The molecule has 1 aliphatic rings. The van der Waals surface area contributed by atoms with E-state index in [9.17, 15) is 18.0 Å². The number of hydrogen-bond donors (Lipinski definition) is 1. The molecule has 0 radical (unpaired) electrons. The fourth-order valence-electron chi connectivity index (χ4n) is 2.78. The number of fused-ring (bicyclic) bond motifs is 1. The Hall–Kier alpha value is -3.02. The maximum Gasteiger partial charge on any atom is 0.573 e. The summed E-state index contributed by atoms with van der Waals surface area (Å²) in [6.07, 6.45) is -2.91. The van der Waals surface area contributed by atoms with Gasteiger partial charge in [-0.1, -0.05) is 0 Å². The molecule has 0 saturated heterocycles. The van der Waals surface area contributed by atoms with Crippen LogP contribution in [0.15, 0.2) is 24.5 Å². The second-order valence-electron chi connectivity index (χ2n) is 5.21. The van der Waals surface area contributed by atoms with Gasteiger partial charge in [-0.05, 0) is 31.0 Å². The molecule has 0 fully saturated rings. The van der Waals surface area contributed by atoms with E-state index < -0.39 is 24.1 Å². The Labute approximate surface area is 133 Å². The van der Waals surface area contributed by atoms with E-state index in [1.165, 1.54) is 23.0 Å². The highest BCUT2D eigenvalue weighted by atomic mass is 19.4. The highest BCUT2D eigenvalue weighted by Crippen LogP contribution is 2.39. The number of benzene rings is 1. The molecule has 2 aromatic rings. The lowest BCUT2D eigenvalue weighted by molar-refractivity contribution is -0.274. The van der Waals surface area contributed by atoms with Crippen LogP contribution in [0.3, 0.4) is 0 Å². The Morgan fingerprint density at radius 3 is 2.83 bits per heavy atom. The summed E-state index contributed by atoms with van der Waals surface area (Å²) in [6, 6.07) is 4.62. The minimum absolute atomic E-state index is 0.0114. The molecule has 0 amide bonds. The lowest BCUT2D eigenvalue weighted by atomic mass is 10.1. The number of halogens is 3. The van der Waals surface area contributed by atoms with Gasteiger partial charge in [0.05, 0.1) is 23.7 Å². The summed E-state index contributed by atoms with van der Waals surface area (Å²) in [4.78, 5) is 15.2. The number of carbonyl (C=O) groups is 1. The molecule has 1 atom stereocenters. The number of ether oxygens (including phenoxy) is 1. The quantitative estimate of drug-likeness (QED) is 0.930. The number of hydrogen-bond acceptors (Lipinski definition) is 4. The van der Waals surface area contributed by atoms with Crippen molar-refractivity contribution in [3.8, 4) is 23.1 Å². The molecule has 0 saturated carbocycles. The van der Waals surface area contributed by atoms with Gasteiger partial charge >= 0.3 is 12.3 Å². The Bertz CT molecular complexity index is 852. The Morgan fingerprint density at radius 1 is 1.46 bits per heavy atom. The van der Waals surface area contributed by atoms with Crippen molar-refractivity contribution in [2.45, 2.75) is 25.2 Å². The second kappa shape index (κ2) is 5.56. The van der Waals surface area contributed by atoms with E-state index in [1.54, 1.807) is 6.07 Å². The van der Waals surface area contributed by atoms with Crippen molar-refractivity contribution in [3.63, 3.8) is 0 Å². The predicted octanol–water partition coefficient (Wildman–Crippen LogP) is 2.89. The second-order valence-corrected chi connectivity index (χ2v) is 5.21. The van der Waals surface area contributed by atoms with Gasteiger partial charge < -0.3 is 14.4 Å². The largest absolute Gasteiger partial charge is 0.573 e. The minimum Gasteiger partial charge on any atom is -0.480 e. The molecule has 1 unspecified atom stereocenters. The van der Waals surface area contributed by atoms with Crippen molar-refractivity contribution in [1.29, 1.82) is 5.26 Å². The van der Waals surface area contributed by atoms with Crippen LogP contribution < -0.4 is 4.74 Å². The molecule has 0 bridgehead atoms. The monoisotopic (exact) mass is 337 g/mol. The number of alkyl halides is 3. The first-order valence-corrected chi connectivity index (χ1v) is 6.89. The van der Waals surface area contributed by atoms with Gasteiger partial charge in [-0.3, -0.25) is 0 Å². The Kier molecular flexibility index (Phi) is 3.67. The van der Waals surface area contributed by atoms with Gasteiger partial charge in [0, 0.05) is 11.3 Å². The standard InChI is InChI=1S/C15H10F3N3O3/c16-15(17,18)24-12-5-8(6-19)1-2-9(12)13-10-3-4-11(14(22)23)21(10)7-20-13/h1-2,5,7,11H,3-4H2,(H,22,23). The summed E-state index contributed by atoms with van der Waals surface area (Å²) in [5, 5.41) is 18.0. The summed E-state index contributed by atoms with van der Waals surface area (Å²) in [5.74, 6) is -1.56. The highest BCUT2D eigenvalue weighted by Gasteiger charge is 2.35. The van der Waals surface area contributed by atoms with Crippen LogP contribution in [0, 0.1) is 11.3 Å². The summed E-state index contributed by atoms with van der Waals surface area (Å²) in [6.45, 7) is 0. The molecule has 0 aliphatic carbocycles. The maximum atomic E-state index is 12.6. The third-order valence-corrected chi connectivity index (χ3v) is 3.76. The maximum absolute atomic E-state index is 12.6. The molecule has 124 valence electrons. The molecule has 1 aromatic heterocycles. The number of carboxylic acid groups (broad SMARTS) is 1. The minimum atomic E-state index is -4.92. The average molecular weight is 337 g/mol. The first-order chi connectivity index (χ1) is 11.3. The SMILES string of the molecule is N#Cc1ccc(-c2ncn3c2CCC3C(=O)O)c(OC(F)(F)F)c1. The Balaban J connectivity index is 2.10. The van der Waals surface area contributed by atoms with Gasteiger partial charge in [0.1, 0.15) is 11.8 Å². The molecule has 24 heavy (non-hydrogen) atoms. The van der Waals surface area contributed by atoms with Crippen LogP contribution in [0.5, 0.6) is 5.75 Å². The van der Waals surface area contributed by atoms with Gasteiger partial charge in [0.15, 0.2) is 0 Å². The number of carboxylic acids is 1. The fourth-order valence-corrected chi connectivity index (χ4v) is 2.78. The van der Waals surface area contributed by atoms with Gasteiger partial charge in [-0.15, -0.1) is 13.2 Å². The molecule has 9 heteroatoms. The zero-order chi connectivity index (χ0) is 17.5. The topological polar surface area (TPSA) is 88.1 Å². The molecule has 6 nitrogen and oxygen atoms in total. The van der Waals surface area contributed by atoms with Crippen LogP contribution in [0.2, 0.25) is 0 Å². The normalized spacial score (nSPS) is 16.5. The lowest BCUT2D eigenvalue weighted by Crippen LogP contribution is -2.17. The summed E-state index contributed by atoms with van der Waals surface area (Å²) >= 11 is 0. The van der Waals surface area contributed by atoms with Crippen LogP contribution in [0.1, 0.15) is 23.7 Å². The molecular weight excluding hydrogens is 327 g/mol. The van der Waals surface area contributed by atoms with E-state index in [2.05, 4.69) is 9.72 Å². The van der Waals surface area contributed by atoms with Crippen LogP contribution in [-0.2, 0) is 11.2 Å². The van der Waals surface area contributed by atoms with Crippen LogP contribution in [-0.4, -0.2) is 27.0 Å². The number of imidazole rings is 1. The van der Waals surface area contributed by atoms with Crippen LogP contribution >= 0.6 is 0 Å². The summed E-state index contributed by atoms with van der Waals surface area (Å²) in [7, 11) is 0. The van der Waals surface area contributed by atoms with E-state index in [4.69, 9.17) is 10.4 Å². The number of aliphatic carboxylic acids is 1. The van der Waals surface area contributed by atoms with Crippen molar-refractivity contribution >= 4 is 5.97 Å². The number of aromatic nitrogens is 2. The van der Waals surface area contributed by atoms with Crippen LogP contribution in [0.25, 0.3) is 11.3 Å². The first-order valence-electron chi connectivity index (χ1n) is 6.89. The molecule has 0 spiro atoms. The van der Waals surface area contributed by atoms with Gasteiger partial charge in [-0.2, -0.15) is 5.26 Å². The van der Waals surface area contributed by atoms with Crippen molar-refractivity contribution in [2.75, 3.05) is 0 Å². The molecule has 1 aliphatic heterocycles. The molecule has 1 N–H and O–H groups in total. The molecule has 1 aromatic carbocycles. The predicted molar refractivity (Wildman–Crippen MR) is 74.1 cm³/mol. The molecule has 2 heterocycles. The Morgan fingerprint density at radius 2 is 2.21 bits per heavy atom. The van der Waals surface area contributed by atoms with Crippen molar-refractivity contribution in [3.05, 3.63) is 35.8 Å². The highest BCUT2D eigenvalue weighted by molar-refractivity contribution is 5.75. The van der Waals surface area contributed by atoms with E-state index >= 15 is 0 Å². The number of rotatable bonds is 3. The third-order valence-electron chi connectivity index (χ3n) is 3.76. The number of nitrogens with zero attached hydrogens (tertiary/aromatic N) is 3. The summed E-state index contributed by atoms with van der Waals surface area (Å²) in [5.41, 5.74) is 0.824. The van der Waals surface area contributed by atoms with Crippen molar-refractivity contribution < 1.29 is 27.8 Å². The lowest BCUT2D eigenvalue weighted by Gasteiger charge is -2.13. The van der Waals surface area contributed by atoms with Gasteiger partial charge in [0.25, 0.3) is 0 Å². The van der Waals surface area contributed by atoms with Gasteiger partial charge in [0.2, 0.25) is 0 Å². The summed E-state index contributed by atoms with van der Waals surface area (Å²) < 4.78 is 43.4. The number of nitriles is 1. The van der Waals surface area contributed by atoms with Gasteiger partial charge in [-0.25, -0.2) is 9.78 Å². The van der Waals surface area contributed by atoms with E-state index in [1.807, 2.05) is 0 Å². The fraction of sp³-hybridized carbons (Fsp3) is 0.267. The third kappa shape index (κ3) is 2.78. The molecular formula is C15H10F3N3O3. The van der Waals surface area contributed by atoms with E-state index in [-0.39, 0.29) is 16.8 Å². The molecule has 3 rings (SSSR count). The smallest absolute Gasteiger partial charge is 0.480 e. The van der Waals surface area contributed by atoms with Crippen LogP contribution in [0.4, 0.5) is 13.2 Å². The zero-order valence-electron chi connectivity index (χ0n) is 12.0.